The zero-order chi connectivity index (χ0) is 15.4. The average molecular weight is 324 g/mol. The van der Waals surface area contributed by atoms with Crippen LogP contribution in [0.15, 0.2) is 41.3 Å². The van der Waals surface area contributed by atoms with E-state index in [-0.39, 0.29) is 17.5 Å². The van der Waals surface area contributed by atoms with Gasteiger partial charge in [-0.3, -0.25) is 4.79 Å². The molecule has 0 heterocycles. The number of anilines is 1. The van der Waals surface area contributed by atoms with E-state index in [1.54, 1.807) is 12.1 Å². The largest absolute Gasteiger partial charge is 0.324 e. The lowest BCUT2D eigenvalue weighted by molar-refractivity contribution is -0.113. The molecule has 2 aromatic rings. The molecule has 0 aliphatic rings. The number of rotatable bonds is 4. The number of hydrogen-bond donors (Lipinski definition) is 1. The highest BCUT2D eigenvalue weighted by atomic mass is 35.5. The lowest BCUT2D eigenvalue weighted by Gasteiger charge is -2.11. The van der Waals surface area contributed by atoms with Gasteiger partial charge >= 0.3 is 0 Å². The van der Waals surface area contributed by atoms with Crippen LogP contribution in [0.5, 0.6) is 0 Å². The molecule has 1 amide bonds. The molecule has 5 heteroatoms. The van der Waals surface area contributed by atoms with Crippen LogP contribution in [0.25, 0.3) is 0 Å². The Hall–Kier alpha value is -1.52. The standard InChI is InChI=1S/C16H15ClFNOS/c1-10-7-11(2)16(14(17)8-10)19-15(20)9-21-13-5-3-12(18)4-6-13/h3-8H,9H2,1-2H3,(H,19,20). The summed E-state index contributed by atoms with van der Waals surface area (Å²) >= 11 is 7.50. The van der Waals surface area contributed by atoms with Crippen LogP contribution in [0.1, 0.15) is 11.1 Å². The molecule has 2 rings (SSSR count). The number of carbonyl (C=O) groups is 1. The zero-order valence-corrected chi connectivity index (χ0v) is 13.3. The van der Waals surface area contributed by atoms with Crippen molar-refractivity contribution in [3.05, 3.63) is 58.4 Å². The Balaban J connectivity index is 1.97. The molecular formula is C16H15ClFNOS. The third kappa shape index (κ3) is 4.48. The zero-order valence-electron chi connectivity index (χ0n) is 11.7. The first-order valence-electron chi connectivity index (χ1n) is 6.40. The topological polar surface area (TPSA) is 29.1 Å². The lowest BCUT2D eigenvalue weighted by Crippen LogP contribution is -2.15. The number of nitrogens with one attached hydrogen (secondary N) is 1. The van der Waals surface area contributed by atoms with Crippen molar-refractivity contribution < 1.29 is 9.18 Å². The molecular weight excluding hydrogens is 309 g/mol. The fourth-order valence-corrected chi connectivity index (χ4v) is 3.00. The molecule has 0 radical (unpaired) electrons. The number of aryl methyl sites for hydroxylation is 2. The van der Waals surface area contributed by atoms with Crippen LogP contribution in [-0.2, 0) is 4.79 Å². The van der Waals surface area contributed by atoms with Gasteiger partial charge in [0.2, 0.25) is 5.91 Å². The van der Waals surface area contributed by atoms with E-state index in [4.69, 9.17) is 11.6 Å². The Kier molecular flexibility index (Phi) is 5.26. The maximum absolute atomic E-state index is 12.8. The van der Waals surface area contributed by atoms with Crippen LogP contribution < -0.4 is 5.32 Å². The first-order valence-corrected chi connectivity index (χ1v) is 7.77. The Morgan fingerprint density at radius 3 is 2.52 bits per heavy atom. The molecule has 0 aliphatic carbocycles. The van der Waals surface area contributed by atoms with Crippen molar-refractivity contribution in [1.29, 1.82) is 0 Å². The van der Waals surface area contributed by atoms with E-state index in [2.05, 4.69) is 5.32 Å². The van der Waals surface area contributed by atoms with E-state index in [0.29, 0.717) is 10.7 Å². The van der Waals surface area contributed by atoms with E-state index in [1.165, 1.54) is 23.9 Å². The molecule has 0 aliphatic heterocycles. The summed E-state index contributed by atoms with van der Waals surface area (Å²) in [5.74, 6) is -0.181. The lowest BCUT2D eigenvalue weighted by atomic mass is 10.1. The molecule has 0 bridgehead atoms. The predicted octanol–water partition coefficient (Wildman–Crippen LogP) is 4.83. The Bertz CT molecular complexity index is 635. The van der Waals surface area contributed by atoms with Gasteiger partial charge in [0.05, 0.1) is 16.5 Å². The number of carbonyl (C=O) groups excluding carboxylic acids is 1. The van der Waals surface area contributed by atoms with Crippen LogP contribution >= 0.6 is 23.4 Å². The number of benzene rings is 2. The minimum atomic E-state index is -0.286. The van der Waals surface area contributed by atoms with Crippen LogP contribution in [-0.4, -0.2) is 11.7 Å². The van der Waals surface area contributed by atoms with Gasteiger partial charge < -0.3 is 5.32 Å². The van der Waals surface area contributed by atoms with Crippen molar-refractivity contribution in [2.24, 2.45) is 0 Å². The highest BCUT2D eigenvalue weighted by molar-refractivity contribution is 8.00. The van der Waals surface area contributed by atoms with Gasteiger partial charge in [0.15, 0.2) is 0 Å². The highest BCUT2D eigenvalue weighted by Gasteiger charge is 2.10. The van der Waals surface area contributed by atoms with E-state index in [9.17, 15) is 9.18 Å². The third-order valence-corrected chi connectivity index (χ3v) is 4.19. The molecule has 0 saturated carbocycles. The summed E-state index contributed by atoms with van der Waals surface area (Å²) in [5, 5.41) is 3.36. The summed E-state index contributed by atoms with van der Waals surface area (Å²) in [4.78, 5) is 12.8. The van der Waals surface area contributed by atoms with Crippen LogP contribution in [0.4, 0.5) is 10.1 Å². The number of thioether (sulfide) groups is 1. The van der Waals surface area contributed by atoms with Gasteiger partial charge in [0.25, 0.3) is 0 Å². The minimum Gasteiger partial charge on any atom is -0.324 e. The molecule has 0 atom stereocenters. The van der Waals surface area contributed by atoms with Gasteiger partial charge in [-0.05, 0) is 55.3 Å². The van der Waals surface area contributed by atoms with Crippen molar-refractivity contribution in [3.8, 4) is 0 Å². The second-order valence-corrected chi connectivity index (χ2v) is 6.19. The van der Waals surface area contributed by atoms with Gasteiger partial charge in [-0.15, -0.1) is 11.8 Å². The van der Waals surface area contributed by atoms with E-state index in [0.717, 1.165) is 16.0 Å². The molecule has 1 N–H and O–H groups in total. The van der Waals surface area contributed by atoms with Crippen molar-refractivity contribution in [1.82, 2.24) is 0 Å². The van der Waals surface area contributed by atoms with Crippen molar-refractivity contribution in [3.63, 3.8) is 0 Å². The summed E-state index contributed by atoms with van der Waals surface area (Å²) < 4.78 is 12.8. The molecule has 0 aromatic heterocycles. The molecule has 0 unspecified atom stereocenters. The summed E-state index contributed by atoms with van der Waals surface area (Å²) in [6.45, 7) is 3.86. The summed E-state index contributed by atoms with van der Waals surface area (Å²) in [6, 6.07) is 9.84. The summed E-state index contributed by atoms with van der Waals surface area (Å²) in [5.41, 5.74) is 2.63. The van der Waals surface area contributed by atoms with Crippen LogP contribution in [0.3, 0.4) is 0 Å². The second kappa shape index (κ2) is 6.96. The summed E-state index contributed by atoms with van der Waals surface area (Å²) in [6.07, 6.45) is 0. The molecule has 0 spiro atoms. The van der Waals surface area contributed by atoms with Crippen molar-refractivity contribution in [2.45, 2.75) is 18.7 Å². The molecule has 2 aromatic carbocycles. The van der Waals surface area contributed by atoms with Gasteiger partial charge in [0, 0.05) is 4.90 Å². The fourth-order valence-electron chi connectivity index (χ4n) is 1.93. The molecule has 21 heavy (non-hydrogen) atoms. The third-order valence-electron chi connectivity index (χ3n) is 2.88. The quantitative estimate of drug-likeness (QED) is 0.817. The molecule has 110 valence electrons. The number of halogens is 2. The SMILES string of the molecule is Cc1cc(C)c(NC(=O)CSc2ccc(F)cc2)c(Cl)c1. The number of hydrogen-bond acceptors (Lipinski definition) is 2. The monoisotopic (exact) mass is 323 g/mol. The average Bonchev–Trinajstić information content (AvgIpc) is 2.42. The van der Waals surface area contributed by atoms with Crippen LogP contribution in [0, 0.1) is 19.7 Å². The van der Waals surface area contributed by atoms with Crippen molar-refractivity contribution in [2.75, 3.05) is 11.1 Å². The minimum absolute atomic E-state index is 0.141. The highest BCUT2D eigenvalue weighted by Crippen LogP contribution is 2.27. The first-order chi connectivity index (χ1) is 9.95. The van der Waals surface area contributed by atoms with Gasteiger partial charge in [-0.2, -0.15) is 0 Å². The van der Waals surface area contributed by atoms with E-state index >= 15 is 0 Å². The Morgan fingerprint density at radius 1 is 1.24 bits per heavy atom. The second-order valence-electron chi connectivity index (χ2n) is 4.73. The predicted molar refractivity (Wildman–Crippen MR) is 86.7 cm³/mol. The van der Waals surface area contributed by atoms with Crippen LogP contribution in [0.2, 0.25) is 5.02 Å². The molecule has 2 nitrogen and oxygen atoms in total. The first kappa shape index (κ1) is 15.9. The van der Waals surface area contributed by atoms with E-state index < -0.39 is 0 Å². The Morgan fingerprint density at radius 2 is 1.90 bits per heavy atom. The molecule has 0 saturated heterocycles. The number of amides is 1. The maximum atomic E-state index is 12.8. The van der Waals surface area contributed by atoms with Gasteiger partial charge in [-0.1, -0.05) is 17.7 Å². The van der Waals surface area contributed by atoms with Gasteiger partial charge in [-0.25, -0.2) is 4.39 Å². The van der Waals surface area contributed by atoms with E-state index in [1.807, 2.05) is 26.0 Å². The normalized spacial score (nSPS) is 10.5. The summed E-state index contributed by atoms with van der Waals surface area (Å²) in [7, 11) is 0. The van der Waals surface area contributed by atoms with Crippen molar-refractivity contribution >= 4 is 35.0 Å². The van der Waals surface area contributed by atoms with Gasteiger partial charge in [0.1, 0.15) is 5.82 Å². The smallest absolute Gasteiger partial charge is 0.234 e. The maximum Gasteiger partial charge on any atom is 0.234 e. The molecule has 0 fully saturated rings. The fraction of sp³-hybridized carbons (Fsp3) is 0.188. The Labute approximate surface area is 132 Å².